The first-order valence-electron chi connectivity index (χ1n) is 8.37. The third-order valence-corrected chi connectivity index (χ3v) is 8.30. The van der Waals surface area contributed by atoms with Crippen molar-refractivity contribution in [2.24, 2.45) is 11.8 Å². The Bertz CT molecular complexity index is 264. The van der Waals surface area contributed by atoms with Crippen molar-refractivity contribution in [3.05, 3.63) is 0 Å². The molecule has 6 saturated carbocycles. The minimum atomic E-state index is 0.507. The molecule has 0 spiro atoms. The minimum absolute atomic E-state index is 0.507. The van der Waals surface area contributed by atoms with E-state index in [2.05, 4.69) is 0 Å². The van der Waals surface area contributed by atoms with Crippen LogP contribution in [0.25, 0.3) is 0 Å². The lowest BCUT2D eigenvalue weighted by atomic mass is 9.27. The van der Waals surface area contributed by atoms with Crippen molar-refractivity contribution in [3.63, 3.8) is 0 Å². The van der Waals surface area contributed by atoms with Gasteiger partial charge in [0.1, 0.15) is 0 Å². The Balaban J connectivity index is 1.59. The Morgan fingerprint density at radius 2 is 0.889 bits per heavy atom. The molecule has 0 heterocycles. The zero-order valence-electron chi connectivity index (χ0n) is 11.6. The molecule has 0 radical (unpaired) electrons. The molecule has 0 amide bonds. The highest BCUT2D eigenvalue weighted by Crippen LogP contribution is 2.68. The highest BCUT2D eigenvalue weighted by atomic mass is 35.5. The van der Waals surface area contributed by atoms with Gasteiger partial charge in [0.25, 0.3) is 6.13 Å². The molecule has 0 saturated heterocycles. The van der Waals surface area contributed by atoms with E-state index in [1.54, 1.807) is 0 Å². The van der Waals surface area contributed by atoms with Crippen LogP contribution in [0.15, 0.2) is 0 Å². The number of hydrogen-bond donors (Lipinski definition) is 0. The Labute approximate surface area is 117 Å². The van der Waals surface area contributed by atoms with Crippen molar-refractivity contribution in [3.8, 4) is 0 Å². The highest BCUT2D eigenvalue weighted by Gasteiger charge is 2.57. The van der Waals surface area contributed by atoms with Gasteiger partial charge in [-0.15, -0.1) is 0 Å². The Morgan fingerprint density at radius 1 is 0.611 bits per heavy atom. The molecule has 0 aromatic heterocycles. The van der Waals surface area contributed by atoms with Gasteiger partial charge in [0, 0.05) is 0 Å². The second-order valence-corrected chi connectivity index (χ2v) is 8.49. The fourth-order valence-corrected chi connectivity index (χ4v) is 6.63. The normalized spacial score (nSPS) is 50.5. The Morgan fingerprint density at radius 3 is 1.17 bits per heavy atom. The zero-order valence-corrected chi connectivity index (χ0v) is 12.4. The van der Waals surface area contributed by atoms with Gasteiger partial charge in [-0.3, -0.25) is 0 Å². The van der Waals surface area contributed by atoms with Crippen molar-refractivity contribution in [1.29, 1.82) is 0 Å². The first kappa shape index (κ1) is 12.1. The summed E-state index contributed by atoms with van der Waals surface area (Å²) in [5.41, 5.74) is 0. The SMILES string of the molecule is ClB(C12CCC(CC1)CC2)C12CCC(CC1)CC2. The smallest absolute Gasteiger partial charge is 0.194 e. The monoisotopic (exact) mass is 264 g/mol. The predicted molar refractivity (Wildman–Crippen MR) is 79.4 cm³/mol. The maximum atomic E-state index is 7.20. The molecule has 0 N–H and O–H groups in total. The number of halogens is 1. The molecule has 2 heteroatoms. The number of fused-ring (bicyclic) bond motifs is 6. The molecule has 0 aliphatic heterocycles. The number of rotatable bonds is 2. The van der Waals surface area contributed by atoms with Crippen molar-refractivity contribution in [1.82, 2.24) is 0 Å². The largest absolute Gasteiger partial charge is 0.263 e. The summed E-state index contributed by atoms with van der Waals surface area (Å²) in [5, 5.41) is 1.11. The maximum absolute atomic E-state index is 7.20. The lowest BCUT2D eigenvalue weighted by molar-refractivity contribution is 0.155. The van der Waals surface area contributed by atoms with Crippen LogP contribution in [0.2, 0.25) is 10.6 Å². The van der Waals surface area contributed by atoms with Gasteiger partial charge in [-0.1, -0.05) is 77.0 Å². The molecule has 6 fully saturated rings. The first-order valence-corrected chi connectivity index (χ1v) is 8.80. The van der Waals surface area contributed by atoms with E-state index in [1.807, 2.05) is 0 Å². The molecule has 100 valence electrons. The van der Waals surface area contributed by atoms with Gasteiger partial charge in [-0.2, -0.15) is 11.5 Å². The summed E-state index contributed by atoms with van der Waals surface area (Å²) in [6.45, 7) is 0. The highest BCUT2D eigenvalue weighted by molar-refractivity contribution is 7.10. The van der Waals surface area contributed by atoms with E-state index in [0.29, 0.717) is 16.8 Å². The molecule has 0 aromatic rings. The number of hydrogen-bond acceptors (Lipinski definition) is 0. The third kappa shape index (κ3) is 1.65. The average Bonchev–Trinajstić information content (AvgIpc) is 2.50. The molecule has 0 aromatic carbocycles. The fraction of sp³-hybridized carbons (Fsp3) is 1.00. The molecule has 0 atom stereocenters. The van der Waals surface area contributed by atoms with Crippen molar-refractivity contribution >= 4 is 17.6 Å². The van der Waals surface area contributed by atoms with Gasteiger partial charge in [0.05, 0.1) is 0 Å². The van der Waals surface area contributed by atoms with Crippen LogP contribution in [0.4, 0.5) is 0 Å². The summed E-state index contributed by atoms with van der Waals surface area (Å²) in [4.78, 5) is 0. The van der Waals surface area contributed by atoms with E-state index in [-0.39, 0.29) is 0 Å². The molecular weight excluding hydrogens is 238 g/mol. The maximum Gasteiger partial charge on any atom is 0.263 e. The summed E-state index contributed by atoms with van der Waals surface area (Å²) in [5.74, 6) is 2.13. The van der Waals surface area contributed by atoms with E-state index < -0.39 is 0 Å². The van der Waals surface area contributed by atoms with Crippen molar-refractivity contribution in [2.45, 2.75) is 87.7 Å². The molecule has 6 aliphatic carbocycles. The van der Waals surface area contributed by atoms with E-state index in [4.69, 9.17) is 11.5 Å². The van der Waals surface area contributed by atoms with E-state index >= 15 is 0 Å². The molecule has 6 rings (SSSR count). The van der Waals surface area contributed by atoms with E-state index in [9.17, 15) is 0 Å². The summed E-state index contributed by atoms with van der Waals surface area (Å²) in [7, 11) is 0. The molecular formula is C16H26BCl. The summed E-state index contributed by atoms with van der Waals surface area (Å²) in [6, 6.07) is 0. The molecule has 4 bridgehead atoms. The fourth-order valence-electron chi connectivity index (χ4n) is 5.98. The predicted octanol–water partition coefficient (Wildman–Crippen LogP) is 5.67. The van der Waals surface area contributed by atoms with Gasteiger partial charge in [0.15, 0.2) is 0 Å². The second kappa shape index (κ2) is 4.17. The minimum Gasteiger partial charge on any atom is -0.194 e. The topological polar surface area (TPSA) is 0 Å². The summed E-state index contributed by atoms with van der Waals surface area (Å²) < 4.78 is 0. The quantitative estimate of drug-likeness (QED) is 0.564. The third-order valence-electron chi connectivity index (χ3n) is 7.38. The molecule has 0 nitrogen and oxygen atoms in total. The Kier molecular flexibility index (Phi) is 2.81. The van der Waals surface area contributed by atoms with Crippen LogP contribution in [0, 0.1) is 11.8 Å². The molecule has 18 heavy (non-hydrogen) atoms. The zero-order chi connectivity index (χ0) is 12.2. The lowest BCUT2D eigenvalue weighted by Crippen LogP contribution is -2.48. The second-order valence-electron chi connectivity index (χ2n) is 8.05. The standard InChI is InChI=1S/C16H26BCl/c18-17(15-7-1-13(2-8-15)3-9-15)16-10-4-14(5-11-16)6-12-16/h13-14H,1-12H2. The van der Waals surface area contributed by atoms with Gasteiger partial charge in [-0.05, 0) is 22.5 Å². The lowest BCUT2D eigenvalue weighted by Gasteiger charge is -2.57. The van der Waals surface area contributed by atoms with Crippen LogP contribution >= 0.6 is 11.5 Å². The van der Waals surface area contributed by atoms with E-state index in [0.717, 1.165) is 11.8 Å². The summed E-state index contributed by atoms with van der Waals surface area (Å²) in [6.07, 6.45) is 18.2. The van der Waals surface area contributed by atoms with E-state index in [1.165, 1.54) is 77.0 Å². The van der Waals surface area contributed by atoms with Gasteiger partial charge in [0.2, 0.25) is 0 Å². The van der Waals surface area contributed by atoms with Crippen LogP contribution < -0.4 is 0 Å². The van der Waals surface area contributed by atoms with Crippen molar-refractivity contribution in [2.75, 3.05) is 0 Å². The molecule has 6 aliphatic rings. The van der Waals surface area contributed by atoms with Crippen LogP contribution in [0.3, 0.4) is 0 Å². The van der Waals surface area contributed by atoms with Crippen molar-refractivity contribution < 1.29 is 0 Å². The van der Waals surface area contributed by atoms with Crippen LogP contribution in [-0.4, -0.2) is 6.13 Å². The molecule has 0 unspecified atom stereocenters. The average molecular weight is 265 g/mol. The van der Waals surface area contributed by atoms with Gasteiger partial charge < -0.3 is 0 Å². The summed E-state index contributed by atoms with van der Waals surface area (Å²) >= 11 is 7.20. The van der Waals surface area contributed by atoms with Crippen LogP contribution in [0.1, 0.15) is 77.0 Å². The Hall–Kier alpha value is 0.355. The first-order chi connectivity index (χ1) is 8.73. The van der Waals surface area contributed by atoms with Crippen LogP contribution in [-0.2, 0) is 0 Å². The van der Waals surface area contributed by atoms with Gasteiger partial charge >= 0.3 is 0 Å². The van der Waals surface area contributed by atoms with Gasteiger partial charge in [-0.25, -0.2) is 0 Å². The van der Waals surface area contributed by atoms with Crippen LogP contribution in [0.5, 0.6) is 0 Å².